The number of aromatic nitrogens is 2. The number of aryl methyl sites for hydroxylation is 1. The van der Waals surface area contributed by atoms with Gasteiger partial charge in [-0.2, -0.15) is 5.10 Å². The molecule has 3 aromatic rings. The molecule has 6 rings (SSSR count). The molecule has 1 aliphatic heterocycles. The van der Waals surface area contributed by atoms with Crippen LogP contribution in [0.15, 0.2) is 66.9 Å². The van der Waals surface area contributed by atoms with Crippen molar-refractivity contribution in [1.82, 2.24) is 14.7 Å². The van der Waals surface area contributed by atoms with E-state index in [0.29, 0.717) is 17.8 Å². The third-order valence-corrected chi connectivity index (χ3v) is 7.86. The lowest BCUT2D eigenvalue weighted by Gasteiger charge is -2.27. The van der Waals surface area contributed by atoms with E-state index in [0.717, 1.165) is 36.1 Å². The Bertz CT molecular complexity index is 1290. The first-order chi connectivity index (χ1) is 15.5. The molecule has 3 aliphatic rings. The van der Waals surface area contributed by atoms with Gasteiger partial charge in [-0.1, -0.05) is 24.3 Å². The van der Waals surface area contributed by atoms with E-state index >= 15 is 0 Å². The summed E-state index contributed by atoms with van der Waals surface area (Å²) < 4.78 is 15.3. The number of halogens is 1. The summed E-state index contributed by atoms with van der Waals surface area (Å²) in [6.45, 7) is 5.50. The van der Waals surface area contributed by atoms with Gasteiger partial charge in [0.05, 0.1) is 17.4 Å². The number of carbonyl (C=O) groups excluding carboxylic acids is 1. The van der Waals surface area contributed by atoms with Gasteiger partial charge in [-0.05, 0) is 78.6 Å². The number of benzene rings is 2. The van der Waals surface area contributed by atoms with E-state index < -0.39 is 0 Å². The molecule has 1 unspecified atom stereocenters. The number of piperidine rings is 1. The van der Waals surface area contributed by atoms with Crippen molar-refractivity contribution in [1.29, 1.82) is 0 Å². The van der Waals surface area contributed by atoms with Crippen LogP contribution in [0.5, 0.6) is 0 Å². The second kappa shape index (κ2) is 6.89. The van der Waals surface area contributed by atoms with E-state index in [9.17, 15) is 9.18 Å². The summed E-state index contributed by atoms with van der Waals surface area (Å²) in [5, 5.41) is 5.68. The van der Waals surface area contributed by atoms with Crippen LogP contribution in [0.2, 0.25) is 0 Å². The number of likely N-dealkylation sites (tertiary alicyclic amines) is 1. The molecule has 4 atom stereocenters. The lowest BCUT2D eigenvalue weighted by atomic mass is 9.83. The maximum atomic E-state index is 13.4. The summed E-state index contributed by atoms with van der Waals surface area (Å²) in [6.07, 6.45) is 11.9. The van der Waals surface area contributed by atoms with E-state index in [1.165, 1.54) is 23.3 Å². The maximum Gasteiger partial charge on any atom is 0.219 e. The second-order valence-electron chi connectivity index (χ2n) is 9.54. The molecule has 2 aliphatic carbocycles. The van der Waals surface area contributed by atoms with Crippen LogP contribution in [0, 0.1) is 30.5 Å². The Morgan fingerprint density at radius 3 is 2.72 bits per heavy atom. The van der Waals surface area contributed by atoms with Gasteiger partial charge in [0.15, 0.2) is 0 Å². The number of amides is 1. The molecule has 1 aromatic heterocycles. The fourth-order valence-electron chi connectivity index (χ4n) is 6.39. The molecule has 5 heteroatoms. The maximum absolute atomic E-state index is 13.4. The van der Waals surface area contributed by atoms with Crippen molar-refractivity contribution >= 4 is 16.8 Å². The van der Waals surface area contributed by atoms with Crippen LogP contribution in [-0.4, -0.2) is 33.7 Å². The fraction of sp³-hybridized carbons (Fsp3) is 0.333. The Morgan fingerprint density at radius 2 is 2.00 bits per heavy atom. The summed E-state index contributed by atoms with van der Waals surface area (Å²) in [7, 11) is 0. The predicted molar refractivity (Wildman–Crippen MR) is 123 cm³/mol. The van der Waals surface area contributed by atoms with Crippen molar-refractivity contribution < 1.29 is 9.18 Å². The molecule has 1 amide bonds. The highest BCUT2D eigenvalue weighted by Gasteiger charge is 2.71. The SMILES string of the molecule is CC(=O)N1C[C@H]2[C@H](C3C=CC=CC3)[C@@]2(c2cc3cnn(-c4ccc(F)cc4)c3cc2C)C1. The van der Waals surface area contributed by atoms with Crippen molar-refractivity contribution in [3.8, 4) is 5.69 Å². The highest BCUT2D eigenvalue weighted by atomic mass is 19.1. The zero-order valence-electron chi connectivity index (χ0n) is 18.3. The number of fused-ring (bicyclic) bond motifs is 2. The molecule has 2 aromatic carbocycles. The van der Waals surface area contributed by atoms with Crippen LogP contribution < -0.4 is 0 Å². The molecule has 162 valence electrons. The van der Waals surface area contributed by atoms with Crippen molar-refractivity contribution in [2.45, 2.75) is 25.7 Å². The minimum Gasteiger partial charge on any atom is -0.342 e. The van der Waals surface area contributed by atoms with Gasteiger partial charge in [0.25, 0.3) is 0 Å². The van der Waals surface area contributed by atoms with Crippen LogP contribution in [0.1, 0.15) is 24.5 Å². The van der Waals surface area contributed by atoms with Gasteiger partial charge >= 0.3 is 0 Å². The quantitative estimate of drug-likeness (QED) is 0.593. The molecule has 2 heterocycles. The van der Waals surface area contributed by atoms with Gasteiger partial charge in [0.2, 0.25) is 5.91 Å². The number of hydrogen-bond donors (Lipinski definition) is 0. The van der Waals surface area contributed by atoms with Gasteiger partial charge in [-0.3, -0.25) is 4.79 Å². The average molecular weight is 428 g/mol. The Hall–Kier alpha value is -3.21. The Morgan fingerprint density at radius 1 is 1.19 bits per heavy atom. The van der Waals surface area contributed by atoms with Gasteiger partial charge in [0.1, 0.15) is 5.82 Å². The first kappa shape index (κ1) is 19.5. The van der Waals surface area contributed by atoms with Crippen LogP contribution in [-0.2, 0) is 10.2 Å². The first-order valence-corrected chi connectivity index (χ1v) is 11.3. The van der Waals surface area contributed by atoms with Gasteiger partial charge in [0, 0.05) is 30.8 Å². The lowest BCUT2D eigenvalue weighted by Crippen LogP contribution is -2.34. The molecule has 0 bridgehead atoms. The van der Waals surface area contributed by atoms with Crippen LogP contribution in [0.4, 0.5) is 4.39 Å². The average Bonchev–Trinajstić information content (AvgIpc) is 3.08. The van der Waals surface area contributed by atoms with E-state index in [2.05, 4.69) is 48.5 Å². The molecular formula is C27H26FN3O. The van der Waals surface area contributed by atoms with Crippen molar-refractivity contribution in [3.63, 3.8) is 0 Å². The van der Waals surface area contributed by atoms with Crippen molar-refractivity contribution in [3.05, 3.63) is 83.8 Å². The predicted octanol–water partition coefficient (Wildman–Crippen LogP) is 4.95. The molecule has 0 spiro atoms. The van der Waals surface area contributed by atoms with Crippen molar-refractivity contribution in [2.75, 3.05) is 13.1 Å². The minimum atomic E-state index is -0.253. The summed E-state index contributed by atoms with van der Waals surface area (Å²) in [5.41, 5.74) is 4.46. The third-order valence-electron chi connectivity index (χ3n) is 7.86. The molecule has 4 nitrogen and oxygen atoms in total. The van der Waals surface area contributed by atoms with E-state index in [1.807, 2.05) is 15.8 Å². The summed E-state index contributed by atoms with van der Waals surface area (Å²) >= 11 is 0. The second-order valence-corrected chi connectivity index (χ2v) is 9.54. The molecule has 0 N–H and O–H groups in total. The summed E-state index contributed by atoms with van der Waals surface area (Å²) in [4.78, 5) is 14.2. The first-order valence-electron chi connectivity index (χ1n) is 11.3. The Labute approximate surface area is 187 Å². The van der Waals surface area contributed by atoms with Gasteiger partial charge < -0.3 is 4.90 Å². The summed E-state index contributed by atoms with van der Waals surface area (Å²) in [6, 6.07) is 10.9. The molecule has 32 heavy (non-hydrogen) atoms. The number of allylic oxidation sites excluding steroid dienone is 4. The Kier molecular flexibility index (Phi) is 4.19. The number of rotatable bonds is 3. The highest BCUT2D eigenvalue weighted by Crippen LogP contribution is 2.68. The van der Waals surface area contributed by atoms with E-state index in [1.54, 1.807) is 19.1 Å². The van der Waals surface area contributed by atoms with E-state index in [-0.39, 0.29) is 17.1 Å². The zero-order chi connectivity index (χ0) is 22.0. The van der Waals surface area contributed by atoms with Crippen LogP contribution >= 0.6 is 0 Å². The third kappa shape index (κ3) is 2.73. The Balaban J connectivity index is 1.44. The van der Waals surface area contributed by atoms with E-state index in [4.69, 9.17) is 0 Å². The number of carbonyl (C=O) groups is 1. The van der Waals surface area contributed by atoms with Gasteiger partial charge in [-0.25, -0.2) is 9.07 Å². The van der Waals surface area contributed by atoms with Crippen molar-refractivity contribution in [2.24, 2.45) is 17.8 Å². The number of hydrogen-bond acceptors (Lipinski definition) is 2. The molecular weight excluding hydrogens is 401 g/mol. The normalized spacial score (nSPS) is 28.3. The number of nitrogens with zero attached hydrogens (tertiary/aromatic N) is 3. The molecule has 0 radical (unpaired) electrons. The standard InChI is InChI=1S/C27H26FN3O/c1-17-12-25-20(14-29-31(25)22-10-8-21(28)9-11-22)13-23(17)27-16-30(18(2)32)15-24(27)26(27)19-6-4-3-5-7-19/h3-6,8-14,19,24,26H,7,15-16H2,1-2H3/t19?,24-,26-,27+/m0/s1. The monoisotopic (exact) mass is 427 g/mol. The largest absolute Gasteiger partial charge is 0.342 e. The molecule has 2 fully saturated rings. The summed E-state index contributed by atoms with van der Waals surface area (Å²) in [5.74, 6) is 1.49. The lowest BCUT2D eigenvalue weighted by molar-refractivity contribution is -0.128. The minimum absolute atomic E-state index is 0.0160. The zero-order valence-corrected chi connectivity index (χ0v) is 18.3. The van der Waals surface area contributed by atoms with Crippen LogP contribution in [0.25, 0.3) is 16.6 Å². The molecule has 1 saturated heterocycles. The van der Waals surface area contributed by atoms with Crippen LogP contribution in [0.3, 0.4) is 0 Å². The smallest absolute Gasteiger partial charge is 0.219 e. The van der Waals surface area contributed by atoms with Gasteiger partial charge in [-0.15, -0.1) is 0 Å². The fourth-order valence-corrected chi connectivity index (χ4v) is 6.39. The highest BCUT2D eigenvalue weighted by molar-refractivity contribution is 5.83. The topological polar surface area (TPSA) is 38.1 Å². The molecule has 1 saturated carbocycles.